The molecule has 2 aliphatic rings. The minimum absolute atomic E-state index is 0. The van der Waals surface area contributed by atoms with Crippen LogP contribution >= 0.6 is 0 Å². The number of carboxylic acids is 2. The van der Waals surface area contributed by atoms with E-state index in [0.29, 0.717) is 24.1 Å². The van der Waals surface area contributed by atoms with E-state index in [1.165, 1.54) is 5.56 Å². The van der Waals surface area contributed by atoms with Gasteiger partial charge in [0.2, 0.25) is 0 Å². The fourth-order valence-electron chi connectivity index (χ4n) is 6.06. The molecule has 2 aliphatic heterocycles. The molecule has 0 amide bonds. The van der Waals surface area contributed by atoms with Gasteiger partial charge < -0.3 is 20.2 Å². The molecule has 9 heteroatoms. The van der Waals surface area contributed by atoms with Crippen LogP contribution in [0.4, 0.5) is 0 Å². The molecule has 0 aliphatic carbocycles. The van der Waals surface area contributed by atoms with E-state index in [1.807, 2.05) is 32.0 Å². The Bertz CT molecular complexity index is 1860. The summed E-state index contributed by atoms with van der Waals surface area (Å²) in [7, 11) is 0. The molecule has 5 heterocycles. The largest absolute Gasteiger partial charge is 2.00 e. The van der Waals surface area contributed by atoms with Gasteiger partial charge in [-0.2, -0.15) is 0 Å². The summed E-state index contributed by atoms with van der Waals surface area (Å²) < 4.78 is 0. The average molecular weight is 624 g/mol. The first-order chi connectivity index (χ1) is 20.0. The van der Waals surface area contributed by atoms with E-state index >= 15 is 0 Å². The first-order valence-corrected chi connectivity index (χ1v) is 14.5. The number of aryl methyl sites for hydroxylation is 4. The van der Waals surface area contributed by atoms with E-state index in [9.17, 15) is 19.8 Å². The summed E-state index contributed by atoms with van der Waals surface area (Å²) in [5.74, 6) is -1.76. The van der Waals surface area contributed by atoms with E-state index in [0.717, 1.165) is 85.5 Å². The molecule has 0 spiro atoms. The Hall–Kier alpha value is -3.95. The second-order valence-corrected chi connectivity index (χ2v) is 11.0. The molecule has 8 bridgehead atoms. The predicted molar refractivity (Wildman–Crippen MR) is 166 cm³/mol. The van der Waals surface area contributed by atoms with Gasteiger partial charge in [-0.3, -0.25) is 9.59 Å². The zero-order chi connectivity index (χ0) is 30.3. The van der Waals surface area contributed by atoms with Crippen molar-refractivity contribution in [2.75, 3.05) is 0 Å². The van der Waals surface area contributed by atoms with Crippen LogP contribution < -0.4 is 9.97 Å². The maximum absolute atomic E-state index is 11.5. The molecule has 5 rings (SSSR count). The molecule has 8 nitrogen and oxygen atoms in total. The second-order valence-electron chi connectivity index (χ2n) is 11.0. The SMILES string of the molecule is CCC1=C(C)c2cc3[n-]c(cc4nc(cc5[n-]c(cc1n2)c(C)c5CCC(=O)O)C(CCC(=O)O)=C4C)c(C)c3CC.[Co+2]. The quantitative estimate of drug-likeness (QED) is 0.277. The maximum atomic E-state index is 11.5. The summed E-state index contributed by atoms with van der Waals surface area (Å²) in [5, 5.41) is 18.9. The molecule has 0 saturated heterocycles. The molecule has 3 aromatic rings. The zero-order valence-corrected chi connectivity index (χ0v) is 26.4. The molecule has 225 valence electrons. The number of carbonyl (C=O) groups is 2. The zero-order valence-electron chi connectivity index (χ0n) is 25.4. The number of nitrogens with zero attached hydrogens (tertiary/aromatic N) is 4. The molecule has 0 saturated carbocycles. The number of carboxylic acid groups (broad SMARTS) is 2. The van der Waals surface area contributed by atoms with Crippen molar-refractivity contribution in [3.63, 3.8) is 0 Å². The van der Waals surface area contributed by atoms with Crippen molar-refractivity contribution in [2.45, 2.75) is 80.1 Å². The predicted octanol–water partition coefficient (Wildman–Crippen LogP) is 6.90. The van der Waals surface area contributed by atoms with Crippen LogP contribution in [-0.2, 0) is 39.2 Å². The van der Waals surface area contributed by atoms with Crippen LogP contribution in [-0.4, -0.2) is 32.1 Å². The number of aliphatic carboxylic acids is 2. The molecule has 1 radical (unpaired) electrons. The van der Waals surface area contributed by atoms with Crippen molar-refractivity contribution >= 4 is 56.3 Å². The molecule has 0 atom stereocenters. The summed E-state index contributed by atoms with van der Waals surface area (Å²) in [6.07, 6.45) is 2.23. The fourth-order valence-corrected chi connectivity index (χ4v) is 6.06. The van der Waals surface area contributed by atoms with Crippen LogP contribution in [0.25, 0.3) is 44.4 Å². The van der Waals surface area contributed by atoms with Gasteiger partial charge >= 0.3 is 28.7 Å². The van der Waals surface area contributed by atoms with Gasteiger partial charge in [-0.15, -0.1) is 22.1 Å². The number of hydrogen-bond acceptors (Lipinski definition) is 4. The minimum Gasteiger partial charge on any atom is -0.657 e. The van der Waals surface area contributed by atoms with E-state index < -0.39 is 11.9 Å². The van der Waals surface area contributed by atoms with Gasteiger partial charge in [-0.1, -0.05) is 60.4 Å². The monoisotopic (exact) mass is 623 g/mol. The Morgan fingerprint density at radius 3 is 1.63 bits per heavy atom. The van der Waals surface area contributed by atoms with Gasteiger partial charge in [0.05, 0.1) is 22.8 Å². The summed E-state index contributed by atoms with van der Waals surface area (Å²) >= 11 is 0. The summed E-state index contributed by atoms with van der Waals surface area (Å²) in [4.78, 5) is 43.1. The van der Waals surface area contributed by atoms with Crippen LogP contribution in [0.5, 0.6) is 0 Å². The Balaban J connectivity index is 0.00000423. The van der Waals surface area contributed by atoms with Crippen molar-refractivity contribution in [1.29, 1.82) is 0 Å². The fraction of sp³-hybridized carbons (Fsp3) is 0.353. The van der Waals surface area contributed by atoms with Crippen LogP contribution in [0, 0.1) is 13.8 Å². The number of allylic oxidation sites excluding steroid dienone is 4. The van der Waals surface area contributed by atoms with E-state index in [-0.39, 0.29) is 29.6 Å². The van der Waals surface area contributed by atoms with E-state index in [4.69, 9.17) is 19.9 Å². The second kappa shape index (κ2) is 12.7. The first kappa shape index (κ1) is 32.0. The van der Waals surface area contributed by atoms with Gasteiger partial charge in [0.1, 0.15) is 0 Å². The Kier molecular flexibility index (Phi) is 9.46. The maximum Gasteiger partial charge on any atom is 2.00 e. The molecular formula is C34H36CoN4O4. The third-order valence-corrected chi connectivity index (χ3v) is 8.53. The molecule has 0 fully saturated rings. The minimum atomic E-state index is -0.878. The average Bonchev–Trinajstić information content (AvgIpc) is 3.59. The first-order valence-electron chi connectivity index (χ1n) is 14.5. The number of fused-ring (bicyclic) bond motifs is 8. The molecular weight excluding hydrogens is 587 g/mol. The third-order valence-electron chi connectivity index (χ3n) is 8.53. The van der Waals surface area contributed by atoms with Crippen molar-refractivity contribution in [2.24, 2.45) is 0 Å². The number of hydrogen-bond donors (Lipinski definition) is 2. The number of rotatable bonds is 8. The van der Waals surface area contributed by atoms with Crippen LogP contribution in [0.3, 0.4) is 0 Å². The molecule has 0 unspecified atom stereocenters. The van der Waals surface area contributed by atoms with Gasteiger partial charge in [0.25, 0.3) is 0 Å². The van der Waals surface area contributed by atoms with Gasteiger partial charge in [-0.05, 0) is 75.7 Å². The van der Waals surface area contributed by atoms with Gasteiger partial charge in [0, 0.05) is 12.8 Å². The van der Waals surface area contributed by atoms with Crippen LogP contribution in [0.2, 0.25) is 0 Å². The Morgan fingerprint density at radius 1 is 0.628 bits per heavy atom. The van der Waals surface area contributed by atoms with Crippen molar-refractivity contribution < 1.29 is 36.6 Å². The van der Waals surface area contributed by atoms with Gasteiger partial charge in [-0.25, -0.2) is 9.97 Å². The van der Waals surface area contributed by atoms with E-state index in [1.54, 1.807) is 0 Å². The smallest absolute Gasteiger partial charge is 0.657 e. The number of aromatic nitrogens is 4. The van der Waals surface area contributed by atoms with Crippen LogP contribution in [0.1, 0.15) is 98.4 Å². The standard InChI is InChI=1S/C34H38N4O4.Co/c1-7-21-17(3)25-13-26-19(5)23(9-11-33(39)40)31(37-26)16-32-24(10-12-34(41)42)20(6)28(38-32)15-30-22(8-2)18(4)27(36-30)14-29(21)35-25;/h13-16H,7-12H2,1-6H3,(H4,35,36,37,38,39,40,41,42);/q;+2/p-2. The van der Waals surface area contributed by atoms with Crippen molar-refractivity contribution in [1.82, 2.24) is 19.9 Å². The summed E-state index contributed by atoms with van der Waals surface area (Å²) in [6.45, 7) is 12.3. The topological polar surface area (TPSA) is 129 Å². The molecule has 0 aromatic carbocycles. The van der Waals surface area contributed by atoms with Crippen LogP contribution in [0.15, 0.2) is 24.3 Å². The molecule has 2 N–H and O–H groups in total. The Morgan fingerprint density at radius 2 is 1.07 bits per heavy atom. The normalized spacial score (nSPS) is 13.0. The van der Waals surface area contributed by atoms with Gasteiger partial charge in [0.15, 0.2) is 0 Å². The summed E-state index contributed by atoms with van der Waals surface area (Å²) in [5.41, 5.74) is 14.3. The van der Waals surface area contributed by atoms with E-state index in [2.05, 4.69) is 33.8 Å². The molecule has 43 heavy (non-hydrogen) atoms. The van der Waals surface area contributed by atoms with Crippen molar-refractivity contribution in [3.05, 3.63) is 69.3 Å². The van der Waals surface area contributed by atoms with Crippen molar-refractivity contribution in [3.8, 4) is 0 Å². The summed E-state index contributed by atoms with van der Waals surface area (Å²) in [6, 6.07) is 7.93. The molecule has 3 aromatic heterocycles. The third kappa shape index (κ3) is 6.10. The Labute approximate surface area is 261 Å².